The van der Waals surface area contributed by atoms with Gasteiger partial charge in [-0.25, -0.2) is 0 Å². The molecular weight excluding hydrogens is 270 g/mol. The predicted octanol–water partition coefficient (Wildman–Crippen LogP) is 4.24. The van der Waals surface area contributed by atoms with Gasteiger partial charge in [-0.1, -0.05) is 74.0 Å². The van der Waals surface area contributed by atoms with E-state index in [1.54, 1.807) is 0 Å². The molecule has 0 aromatic heterocycles. The molecule has 118 valence electrons. The molecule has 0 radical (unpaired) electrons. The van der Waals surface area contributed by atoms with Gasteiger partial charge in [0.15, 0.2) is 0 Å². The van der Waals surface area contributed by atoms with Gasteiger partial charge in [0.25, 0.3) is 0 Å². The van der Waals surface area contributed by atoms with Crippen molar-refractivity contribution in [1.29, 1.82) is 0 Å². The Morgan fingerprint density at radius 1 is 0.864 bits per heavy atom. The predicted molar refractivity (Wildman–Crippen MR) is 92.5 cm³/mol. The highest BCUT2D eigenvalue weighted by Gasteiger charge is 2.21. The van der Waals surface area contributed by atoms with Crippen LogP contribution in [0.15, 0.2) is 60.7 Å². The maximum Gasteiger partial charge on any atom is 0.0692 e. The third-order valence-electron chi connectivity index (χ3n) is 4.17. The molecule has 0 saturated carbocycles. The maximum atomic E-state index is 10.4. The molecule has 2 rings (SSSR count). The summed E-state index contributed by atoms with van der Waals surface area (Å²) in [7, 11) is 0. The molecule has 0 amide bonds. The molecule has 0 heterocycles. The third-order valence-corrected chi connectivity index (χ3v) is 4.17. The zero-order chi connectivity index (χ0) is 15.8. The maximum absolute atomic E-state index is 10.4. The zero-order valence-corrected chi connectivity index (χ0v) is 13.7. The molecular formula is C20H27NO. The topological polar surface area (TPSA) is 23.5 Å². The van der Waals surface area contributed by atoms with Gasteiger partial charge in [-0.3, -0.25) is 4.90 Å². The Bertz CT molecular complexity index is 484. The summed E-state index contributed by atoms with van der Waals surface area (Å²) in [6.07, 6.45) is 1.58. The van der Waals surface area contributed by atoms with Crippen LogP contribution in [0.2, 0.25) is 0 Å². The standard InChI is InChI=1S/C20H27NO/c1-3-10-20(22)17(2)21(15-18-11-6-4-7-12-18)16-19-13-8-5-9-14-19/h4-9,11-14,17,20,22H,3,10,15-16H2,1-2H3/t17-,20+/m0/s1. The van der Waals surface area contributed by atoms with Crippen molar-refractivity contribution in [3.63, 3.8) is 0 Å². The van der Waals surface area contributed by atoms with E-state index in [0.717, 1.165) is 25.9 Å². The highest BCUT2D eigenvalue weighted by molar-refractivity contribution is 5.17. The summed E-state index contributed by atoms with van der Waals surface area (Å²) in [6.45, 7) is 5.97. The van der Waals surface area contributed by atoms with E-state index in [-0.39, 0.29) is 12.1 Å². The van der Waals surface area contributed by atoms with Crippen LogP contribution < -0.4 is 0 Å². The minimum Gasteiger partial charge on any atom is -0.392 e. The molecule has 2 heteroatoms. The summed E-state index contributed by atoms with van der Waals surface area (Å²) in [5.41, 5.74) is 2.57. The summed E-state index contributed by atoms with van der Waals surface area (Å²) in [5.74, 6) is 0. The number of benzene rings is 2. The number of rotatable bonds is 8. The second-order valence-corrected chi connectivity index (χ2v) is 5.97. The van der Waals surface area contributed by atoms with Crippen molar-refractivity contribution < 1.29 is 5.11 Å². The molecule has 1 N–H and O–H groups in total. The van der Waals surface area contributed by atoms with Gasteiger partial charge in [0.1, 0.15) is 0 Å². The summed E-state index contributed by atoms with van der Waals surface area (Å²) in [5, 5.41) is 10.4. The molecule has 0 aliphatic carbocycles. The highest BCUT2D eigenvalue weighted by Crippen LogP contribution is 2.17. The number of aliphatic hydroxyl groups excluding tert-OH is 1. The lowest BCUT2D eigenvalue weighted by atomic mass is 10.0. The summed E-state index contributed by atoms with van der Waals surface area (Å²) >= 11 is 0. The second-order valence-electron chi connectivity index (χ2n) is 5.97. The fourth-order valence-corrected chi connectivity index (χ4v) is 2.76. The summed E-state index contributed by atoms with van der Waals surface area (Å²) < 4.78 is 0. The van der Waals surface area contributed by atoms with Crippen molar-refractivity contribution in [2.75, 3.05) is 0 Å². The van der Waals surface area contributed by atoms with Gasteiger partial charge >= 0.3 is 0 Å². The zero-order valence-electron chi connectivity index (χ0n) is 13.7. The molecule has 0 saturated heterocycles. The Kier molecular flexibility index (Phi) is 6.63. The van der Waals surface area contributed by atoms with Gasteiger partial charge in [0, 0.05) is 19.1 Å². The lowest BCUT2D eigenvalue weighted by molar-refractivity contribution is 0.0434. The number of hydrogen-bond donors (Lipinski definition) is 1. The fourth-order valence-electron chi connectivity index (χ4n) is 2.76. The van der Waals surface area contributed by atoms with Crippen molar-refractivity contribution >= 4 is 0 Å². The van der Waals surface area contributed by atoms with E-state index >= 15 is 0 Å². The van der Waals surface area contributed by atoms with Gasteiger partial charge < -0.3 is 5.11 Å². The minimum absolute atomic E-state index is 0.139. The lowest BCUT2D eigenvalue weighted by Gasteiger charge is -2.32. The highest BCUT2D eigenvalue weighted by atomic mass is 16.3. The first kappa shape index (κ1) is 16.7. The van der Waals surface area contributed by atoms with E-state index in [2.05, 4.69) is 67.3 Å². The molecule has 2 nitrogen and oxygen atoms in total. The lowest BCUT2D eigenvalue weighted by Crippen LogP contribution is -2.40. The van der Waals surface area contributed by atoms with Crippen LogP contribution in [0, 0.1) is 0 Å². The van der Waals surface area contributed by atoms with Crippen molar-refractivity contribution in [3.05, 3.63) is 71.8 Å². The van der Waals surface area contributed by atoms with E-state index in [0.29, 0.717) is 0 Å². The SMILES string of the molecule is CCC[C@@H](O)[C@H](C)N(Cc1ccccc1)Cc1ccccc1. The molecule has 0 bridgehead atoms. The number of hydrogen-bond acceptors (Lipinski definition) is 2. The molecule has 2 aromatic carbocycles. The van der Waals surface area contributed by atoms with Crippen molar-refractivity contribution in [2.24, 2.45) is 0 Å². The van der Waals surface area contributed by atoms with Crippen LogP contribution >= 0.6 is 0 Å². The number of nitrogens with zero attached hydrogens (tertiary/aromatic N) is 1. The Labute approximate surface area is 134 Å². The van der Waals surface area contributed by atoms with Crippen molar-refractivity contribution in [2.45, 2.75) is 51.9 Å². The van der Waals surface area contributed by atoms with Crippen molar-refractivity contribution in [3.8, 4) is 0 Å². The average Bonchev–Trinajstić information content (AvgIpc) is 2.56. The Balaban J connectivity index is 2.12. The van der Waals surface area contributed by atoms with Crippen molar-refractivity contribution in [1.82, 2.24) is 4.90 Å². The van der Waals surface area contributed by atoms with E-state index in [1.807, 2.05) is 12.1 Å². The molecule has 22 heavy (non-hydrogen) atoms. The molecule has 2 atom stereocenters. The van der Waals surface area contributed by atoms with Crippen LogP contribution in [0.3, 0.4) is 0 Å². The van der Waals surface area contributed by atoms with Crippen LogP contribution in [0.25, 0.3) is 0 Å². The van der Waals surface area contributed by atoms with Gasteiger partial charge in [0.2, 0.25) is 0 Å². The van der Waals surface area contributed by atoms with Gasteiger partial charge in [-0.15, -0.1) is 0 Å². The Morgan fingerprint density at radius 2 is 1.32 bits per heavy atom. The van der Waals surface area contributed by atoms with E-state index < -0.39 is 0 Å². The average molecular weight is 297 g/mol. The monoisotopic (exact) mass is 297 g/mol. The Morgan fingerprint density at radius 3 is 1.73 bits per heavy atom. The van der Waals surface area contributed by atoms with E-state index in [4.69, 9.17) is 0 Å². The molecule has 0 aliphatic rings. The number of aliphatic hydroxyl groups is 1. The van der Waals surface area contributed by atoms with Gasteiger partial charge in [-0.05, 0) is 24.5 Å². The normalized spacial score (nSPS) is 14.0. The van der Waals surface area contributed by atoms with E-state index in [9.17, 15) is 5.11 Å². The molecule has 2 aromatic rings. The van der Waals surface area contributed by atoms with Crippen LogP contribution in [-0.4, -0.2) is 22.2 Å². The van der Waals surface area contributed by atoms with Gasteiger partial charge in [0.05, 0.1) is 6.10 Å². The first-order valence-electron chi connectivity index (χ1n) is 8.20. The first-order valence-corrected chi connectivity index (χ1v) is 8.20. The second kappa shape index (κ2) is 8.72. The Hall–Kier alpha value is -1.64. The quantitative estimate of drug-likeness (QED) is 0.788. The smallest absolute Gasteiger partial charge is 0.0692 e. The minimum atomic E-state index is -0.280. The summed E-state index contributed by atoms with van der Waals surface area (Å²) in [6, 6.07) is 21.1. The largest absolute Gasteiger partial charge is 0.392 e. The molecule has 0 aliphatic heterocycles. The summed E-state index contributed by atoms with van der Waals surface area (Å²) in [4.78, 5) is 2.37. The van der Waals surface area contributed by atoms with Gasteiger partial charge in [-0.2, -0.15) is 0 Å². The van der Waals surface area contributed by atoms with Crippen LogP contribution in [0.5, 0.6) is 0 Å². The molecule has 0 unspecified atom stereocenters. The first-order chi connectivity index (χ1) is 10.7. The van der Waals surface area contributed by atoms with Crippen LogP contribution in [0.4, 0.5) is 0 Å². The van der Waals surface area contributed by atoms with E-state index in [1.165, 1.54) is 11.1 Å². The molecule has 0 spiro atoms. The molecule has 0 fully saturated rings. The third kappa shape index (κ3) is 4.97. The van der Waals surface area contributed by atoms with Crippen LogP contribution in [-0.2, 0) is 13.1 Å². The van der Waals surface area contributed by atoms with Crippen LogP contribution in [0.1, 0.15) is 37.8 Å². The fraction of sp³-hybridized carbons (Fsp3) is 0.400.